The van der Waals surface area contributed by atoms with Crippen molar-refractivity contribution in [3.05, 3.63) is 78.0 Å². The fourth-order valence-electron chi connectivity index (χ4n) is 4.73. The van der Waals surface area contributed by atoms with Gasteiger partial charge in [-0.3, -0.25) is 9.88 Å². The van der Waals surface area contributed by atoms with Gasteiger partial charge in [-0.25, -0.2) is 14.5 Å². The summed E-state index contributed by atoms with van der Waals surface area (Å²) in [5.74, 6) is 2.14. The highest BCUT2D eigenvalue weighted by atomic mass is 15.2. The molecule has 0 spiro atoms. The van der Waals surface area contributed by atoms with Crippen LogP contribution in [-0.2, 0) is 33.1 Å². The quantitative estimate of drug-likeness (QED) is 0.266. The Kier molecular flexibility index (Phi) is 9.03. The van der Waals surface area contributed by atoms with Crippen LogP contribution in [0.5, 0.6) is 0 Å². The average molecular weight is 475 g/mol. The number of nitrogens with zero attached hydrogens (tertiary/aromatic N) is 5. The highest BCUT2D eigenvalue weighted by Crippen LogP contribution is 2.18. The van der Waals surface area contributed by atoms with Crippen molar-refractivity contribution in [2.45, 2.75) is 59.2 Å². The van der Waals surface area contributed by atoms with Crippen LogP contribution in [0.2, 0.25) is 0 Å². The van der Waals surface area contributed by atoms with Gasteiger partial charge in [0.15, 0.2) is 0 Å². The van der Waals surface area contributed by atoms with Gasteiger partial charge in [0.25, 0.3) is 5.82 Å². The van der Waals surface area contributed by atoms with Crippen molar-refractivity contribution in [1.29, 1.82) is 0 Å². The van der Waals surface area contributed by atoms with Crippen LogP contribution in [0.15, 0.2) is 55.1 Å². The molecule has 0 saturated carbocycles. The summed E-state index contributed by atoms with van der Waals surface area (Å²) in [6.45, 7) is 10.5. The first-order valence-corrected chi connectivity index (χ1v) is 13.0. The third-order valence-electron chi connectivity index (χ3n) is 6.48. The maximum absolute atomic E-state index is 4.96. The highest BCUT2D eigenvalue weighted by Gasteiger charge is 2.16. The number of imidazole rings is 2. The Labute approximate surface area is 209 Å². The van der Waals surface area contributed by atoms with E-state index in [1.807, 2.05) is 24.8 Å². The van der Waals surface area contributed by atoms with Gasteiger partial charge in [0, 0.05) is 30.0 Å². The Morgan fingerprint density at radius 1 is 0.886 bits per heavy atom. The Bertz CT molecular complexity index is 1160. The summed E-state index contributed by atoms with van der Waals surface area (Å²) >= 11 is 0. The molecular weight excluding hydrogens is 434 g/mol. The standard InChI is InChI=1S/C28H39N7/c1-4-15-34(16-5-2)17-6-7-25-10-9-24-19-23(8-11-26(24)32-25)20-35(21-27-29-12-13-30-27)22-28-31-14-18-33(28)3/h8-14,18-19H,4-7,15-17,20-22H2,1-3H3,(H,29,30)/p+1. The second-order valence-electron chi connectivity index (χ2n) is 9.47. The molecule has 4 aromatic rings. The molecule has 0 atom stereocenters. The fraction of sp³-hybridized carbons (Fsp3) is 0.464. The minimum atomic E-state index is 0.758. The molecule has 3 aromatic heterocycles. The Hall–Kier alpha value is -3.03. The predicted octanol–water partition coefficient (Wildman–Crippen LogP) is 4.37. The van der Waals surface area contributed by atoms with Crippen LogP contribution in [0, 0.1) is 0 Å². The number of benzene rings is 1. The number of hydrogen-bond donors (Lipinski definition) is 2. The normalized spacial score (nSPS) is 11.8. The summed E-state index contributed by atoms with van der Waals surface area (Å²) in [6, 6.07) is 11.1. The summed E-state index contributed by atoms with van der Waals surface area (Å²) in [4.78, 5) is 21.0. The van der Waals surface area contributed by atoms with Crippen molar-refractivity contribution < 1.29 is 4.57 Å². The van der Waals surface area contributed by atoms with Gasteiger partial charge in [-0.05, 0) is 69.1 Å². The molecule has 4 rings (SSSR count). The SMILES string of the molecule is CCCN(CCC)CCCc1ccc2cc(CN(Cc3ncc[nH]3)Cc3[nH]cc[n+]3C)ccc2n1. The number of aryl methyl sites for hydroxylation is 2. The summed E-state index contributed by atoms with van der Waals surface area (Å²) in [7, 11) is 2.07. The van der Waals surface area contributed by atoms with Crippen LogP contribution in [0.1, 0.15) is 56.0 Å². The highest BCUT2D eigenvalue weighted by molar-refractivity contribution is 5.79. The summed E-state index contributed by atoms with van der Waals surface area (Å²) < 4.78 is 2.13. The monoisotopic (exact) mass is 474 g/mol. The van der Waals surface area contributed by atoms with Crippen molar-refractivity contribution in [1.82, 2.24) is 29.7 Å². The van der Waals surface area contributed by atoms with Crippen molar-refractivity contribution in [3.8, 4) is 0 Å². The minimum Gasteiger partial charge on any atom is -0.348 e. The Balaban J connectivity index is 1.41. The number of nitrogens with one attached hydrogen (secondary N) is 2. The first-order chi connectivity index (χ1) is 17.1. The van der Waals surface area contributed by atoms with E-state index in [-0.39, 0.29) is 0 Å². The van der Waals surface area contributed by atoms with Crippen LogP contribution < -0.4 is 4.57 Å². The molecule has 0 aliphatic heterocycles. The van der Waals surface area contributed by atoms with E-state index in [9.17, 15) is 0 Å². The molecule has 0 aliphatic rings. The smallest absolute Gasteiger partial charge is 0.268 e. The lowest BCUT2D eigenvalue weighted by Gasteiger charge is -2.20. The molecule has 35 heavy (non-hydrogen) atoms. The molecule has 0 unspecified atom stereocenters. The van der Waals surface area contributed by atoms with Gasteiger partial charge in [-0.2, -0.15) is 0 Å². The third kappa shape index (κ3) is 7.23. The number of aromatic nitrogens is 5. The van der Waals surface area contributed by atoms with Crippen LogP contribution in [0.4, 0.5) is 0 Å². The minimum absolute atomic E-state index is 0.758. The Morgan fingerprint density at radius 2 is 1.74 bits per heavy atom. The lowest BCUT2D eigenvalue weighted by Crippen LogP contribution is -2.35. The predicted molar refractivity (Wildman–Crippen MR) is 141 cm³/mol. The van der Waals surface area contributed by atoms with E-state index < -0.39 is 0 Å². The molecule has 0 saturated heterocycles. The summed E-state index contributed by atoms with van der Waals surface area (Å²) in [5, 5.41) is 1.20. The van der Waals surface area contributed by atoms with Gasteiger partial charge in [-0.1, -0.05) is 26.0 Å². The molecule has 186 valence electrons. The van der Waals surface area contributed by atoms with Gasteiger partial charge in [0.2, 0.25) is 0 Å². The Morgan fingerprint density at radius 3 is 2.46 bits per heavy atom. The molecule has 2 N–H and O–H groups in total. The molecule has 7 heteroatoms. The van der Waals surface area contributed by atoms with Crippen LogP contribution >= 0.6 is 0 Å². The molecule has 0 fully saturated rings. The lowest BCUT2D eigenvalue weighted by molar-refractivity contribution is -0.679. The number of hydrogen-bond acceptors (Lipinski definition) is 4. The number of fused-ring (bicyclic) bond motifs is 1. The van der Waals surface area contributed by atoms with Gasteiger partial charge in [0.05, 0.1) is 19.1 Å². The van der Waals surface area contributed by atoms with E-state index in [0.717, 1.165) is 50.4 Å². The van der Waals surface area contributed by atoms with Gasteiger partial charge >= 0.3 is 0 Å². The summed E-state index contributed by atoms with van der Waals surface area (Å²) in [6.07, 6.45) is 12.4. The van der Waals surface area contributed by atoms with Crippen molar-refractivity contribution in [3.63, 3.8) is 0 Å². The molecular formula is C28H40N7+. The molecule has 0 aliphatic carbocycles. The zero-order valence-electron chi connectivity index (χ0n) is 21.5. The molecule has 3 heterocycles. The zero-order valence-corrected chi connectivity index (χ0v) is 21.5. The maximum atomic E-state index is 4.96. The number of pyridine rings is 1. The van der Waals surface area contributed by atoms with Crippen LogP contribution in [-0.4, -0.2) is 49.4 Å². The van der Waals surface area contributed by atoms with Crippen molar-refractivity contribution >= 4 is 10.9 Å². The van der Waals surface area contributed by atoms with E-state index in [0.29, 0.717) is 0 Å². The zero-order chi connectivity index (χ0) is 24.5. The van der Waals surface area contributed by atoms with Crippen LogP contribution in [0.3, 0.4) is 0 Å². The molecule has 0 radical (unpaired) electrons. The van der Waals surface area contributed by atoms with Gasteiger partial charge < -0.3 is 9.88 Å². The first-order valence-electron chi connectivity index (χ1n) is 13.0. The summed E-state index contributed by atoms with van der Waals surface area (Å²) in [5.41, 5.74) is 3.55. The van der Waals surface area contributed by atoms with E-state index in [1.165, 1.54) is 48.4 Å². The number of aromatic amines is 2. The average Bonchev–Trinajstić information content (AvgIpc) is 3.51. The number of H-pyrrole nitrogens is 2. The first kappa shape index (κ1) is 25.1. The van der Waals surface area contributed by atoms with Crippen molar-refractivity contribution in [2.24, 2.45) is 7.05 Å². The van der Waals surface area contributed by atoms with Crippen LogP contribution in [0.25, 0.3) is 10.9 Å². The maximum Gasteiger partial charge on any atom is 0.268 e. The molecule has 0 bridgehead atoms. The molecule has 0 amide bonds. The second-order valence-corrected chi connectivity index (χ2v) is 9.47. The largest absolute Gasteiger partial charge is 0.348 e. The van der Waals surface area contributed by atoms with E-state index in [1.54, 1.807) is 0 Å². The topological polar surface area (TPSA) is 67.7 Å². The van der Waals surface area contributed by atoms with E-state index in [2.05, 4.69) is 80.5 Å². The molecule has 1 aromatic carbocycles. The van der Waals surface area contributed by atoms with E-state index >= 15 is 0 Å². The third-order valence-corrected chi connectivity index (χ3v) is 6.48. The molecule has 7 nitrogen and oxygen atoms in total. The fourth-order valence-corrected chi connectivity index (χ4v) is 4.73. The lowest BCUT2D eigenvalue weighted by atomic mass is 10.1. The second kappa shape index (κ2) is 12.6. The number of rotatable bonds is 14. The van der Waals surface area contributed by atoms with Crippen molar-refractivity contribution in [2.75, 3.05) is 19.6 Å². The van der Waals surface area contributed by atoms with Gasteiger partial charge in [0.1, 0.15) is 24.8 Å². The van der Waals surface area contributed by atoms with E-state index in [4.69, 9.17) is 4.98 Å². The van der Waals surface area contributed by atoms with Gasteiger partial charge in [-0.15, -0.1) is 0 Å².